The number of benzene rings is 1. The van der Waals surface area contributed by atoms with Gasteiger partial charge in [0.15, 0.2) is 5.96 Å². The minimum absolute atomic E-state index is 0.114. The monoisotopic (exact) mass is 289 g/mol. The molecule has 1 aromatic carbocycles. The van der Waals surface area contributed by atoms with Crippen LogP contribution in [0, 0.1) is 0 Å². The van der Waals surface area contributed by atoms with Gasteiger partial charge >= 0.3 is 5.69 Å². The maximum absolute atomic E-state index is 11.9. The molecule has 0 atom stereocenters. The van der Waals surface area contributed by atoms with Gasteiger partial charge in [-0.05, 0) is 12.1 Å². The minimum atomic E-state index is -0.114. The second-order valence-electron chi connectivity index (χ2n) is 4.94. The van der Waals surface area contributed by atoms with E-state index in [0.717, 1.165) is 24.1 Å². The van der Waals surface area contributed by atoms with Crippen LogP contribution in [0.25, 0.3) is 11.0 Å². The van der Waals surface area contributed by atoms with E-state index < -0.39 is 0 Å². The van der Waals surface area contributed by atoms with Crippen LogP contribution >= 0.6 is 0 Å². The lowest BCUT2D eigenvalue weighted by atomic mass is 10.3. The van der Waals surface area contributed by atoms with Crippen LogP contribution < -0.4 is 11.4 Å². The quantitative estimate of drug-likeness (QED) is 0.614. The van der Waals surface area contributed by atoms with E-state index in [2.05, 4.69) is 9.98 Å². The average Bonchev–Trinajstić information content (AvgIpc) is 2.84. The molecule has 0 aliphatic carbocycles. The Labute approximate surface area is 122 Å². The van der Waals surface area contributed by atoms with Gasteiger partial charge in [0.2, 0.25) is 0 Å². The zero-order valence-corrected chi connectivity index (χ0v) is 11.8. The number of guanidine groups is 1. The molecule has 21 heavy (non-hydrogen) atoms. The highest BCUT2D eigenvalue weighted by molar-refractivity contribution is 5.78. The lowest BCUT2D eigenvalue weighted by molar-refractivity contribution is 0.0674. The van der Waals surface area contributed by atoms with Crippen molar-refractivity contribution < 1.29 is 4.74 Å². The smallest absolute Gasteiger partial charge is 0.326 e. The Morgan fingerprint density at radius 2 is 2.10 bits per heavy atom. The average molecular weight is 289 g/mol. The number of rotatable bonds is 3. The summed E-state index contributed by atoms with van der Waals surface area (Å²) in [6.45, 7) is 3.87. The number of nitrogens with one attached hydrogen (secondary N) is 1. The van der Waals surface area contributed by atoms with E-state index in [-0.39, 0.29) is 5.69 Å². The van der Waals surface area contributed by atoms with Crippen molar-refractivity contribution in [2.75, 3.05) is 32.8 Å². The first-order valence-corrected chi connectivity index (χ1v) is 7.06. The number of aromatic nitrogens is 2. The molecule has 0 spiro atoms. The molecule has 1 aliphatic rings. The number of H-pyrrole nitrogens is 1. The molecular formula is C14H19N5O2. The highest BCUT2D eigenvalue weighted by Crippen LogP contribution is 2.08. The number of hydrogen-bond acceptors (Lipinski definition) is 3. The predicted molar refractivity (Wildman–Crippen MR) is 81.4 cm³/mol. The molecule has 1 saturated heterocycles. The third-order valence-electron chi connectivity index (χ3n) is 3.61. The fourth-order valence-electron chi connectivity index (χ4n) is 2.49. The summed E-state index contributed by atoms with van der Waals surface area (Å²) in [7, 11) is 0. The number of aromatic amines is 1. The zero-order chi connectivity index (χ0) is 14.7. The van der Waals surface area contributed by atoms with Gasteiger partial charge in [0, 0.05) is 19.6 Å². The molecule has 1 fully saturated rings. The highest BCUT2D eigenvalue weighted by Gasteiger charge is 2.12. The van der Waals surface area contributed by atoms with Crippen molar-refractivity contribution in [1.82, 2.24) is 14.5 Å². The molecule has 0 unspecified atom stereocenters. The number of hydrogen-bond donors (Lipinski definition) is 2. The second kappa shape index (κ2) is 6.01. The highest BCUT2D eigenvalue weighted by atomic mass is 16.5. The van der Waals surface area contributed by atoms with Gasteiger partial charge in [-0.2, -0.15) is 0 Å². The number of para-hydroxylation sites is 2. The Morgan fingerprint density at radius 1 is 1.33 bits per heavy atom. The van der Waals surface area contributed by atoms with E-state index in [0.29, 0.717) is 32.3 Å². The molecule has 2 heterocycles. The van der Waals surface area contributed by atoms with E-state index in [1.165, 1.54) is 0 Å². The van der Waals surface area contributed by atoms with E-state index >= 15 is 0 Å². The third-order valence-corrected chi connectivity index (χ3v) is 3.61. The summed E-state index contributed by atoms with van der Waals surface area (Å²) in [6.07, 6.45) is 0. The predicted octanol–water partition coefficient (Wildman–Crippen LogP) is -0.0235. The first-order valence-electron chi connectivity index (χ1n) is 7.06. The minimum Gasteiger partial charge on any atom is -0.378 e. The van der Waals surface area contributed by atoms with Crippen LogP contribution in [0.1, 0.15) is 0 Å². The van der Waals surface area contributed by atoms with Gasteiger partial charge in [-0.15, -0.1) is 0 Å². The molecule has 0 amide bonds. The van der Waals surface area contributed by atoms with Crippen molar-refractivity contribution in [3.05, 3.63) is 34.7 Å². The van der Waals surface area contributed by atoms with Crippen LogP contribution in [0.2, 0.25) is 0 Å². The van der Waals surface area contributed by atoms with Crippen LogP contribution in [0.15, 0.2) is 34.1 Å². The van der Waals surface area contributed by atoms with Gasteiger partial charge < -0.3 is 20.4 Å². The zero-order valence-electron chi connectivity index (χ0n) is 11.8. The first kappa shape index (κ1) is 13.7. The largest absolute Gasteiger partial charge is 0.378 e. The summed E-state index contributed by atoms with van der Waals surface area (Å²) in [5.41, 5.74) is 7.58. The molecule has 0 radical (unpaired) electrons. The third kappa shape index (κ3) is 2.92. The van der Waals surface area contributed by atoms with Gasteiger partial charge in [-0.25, -0.2) is 4.79 Å². The fraction of sp³-hybridized carbons (Fsp3) is 0.429. The van der Waals surface area contributed by atoms with Gasteiger partial charge in [0.05, 0.1) is 30.8 Å². The van der Waals surface area contributed by atoms with Crippen molar-refractivity contribution in [1.29, 1.82) is 0 Å². The summed E-state index contributed by atoms with van der Waals surface area (Å²) in [5.74, 6) is 0.520. The molecule has 7 heteroatoms. The molecular weight excluding hydrogens is 270 g/mol. The number of nitrogens with two attached hydrogens (primary N) is 1. The lowest BCUT2D eigenvalue weighted by Crippen LogP contribution is -2.45. The molecule has 7 nitrogen and oxygen atoms in total. The molecule has 3 rings (SSSR count). The summed E-state index contributed by atoms with van der Waals surface area (Å²) in [6, 6.07) is 7.62. The van der Waals surface area contributed by atoms with Crippen molar-refractivity contribution in [2.45, 2.75) is 6.54 Å². The van der Waals surface area contributed by atoms with Crippen molar-refractivity contribution in [2.24, 2.45) is 10.7 Å². The Morgan fingerprint density at radius 3 is 2.90 bits per heavy atom. The first-order chi connectivity index (χ1) is 10.3. The van der Waals surface area contributed by atoms with Crippen LogP contribution in [0.3, 0.4) is 0 Å². The molecule has 1 aromatic heterocycles. The van der Waals surface area contributed by atoms with E-state index in [1.807, 2.05) is 29.2 Å². The SMILES string of the molecule is NC(=NCCn1c(=O)[nH]c2ccccc21)N1CCOCC1. The normalized spacial score (nSPS) is 16.6. The van der Waals surface area contributed by atoms with Gasteiger partial charge in [-0.1, -0.05) is 12.1 Å². The summed E-state index contributed by atoms with van der Waals surface area (Å²) in [5, 5.41) is 0. The fourth-order valence-corrected chi connectivity index (χ4v) is 2.49. The lowest BCUT2D eigenvalue weighted by Gasteiger charge is -2.27. The van der Waals surface area contributed by atoms with Crippen molar-refractivity contribution >= 4 is 17.0 Å². The summed E-state index contributed by atoms with van der Waals surface area (Å²) < 4.78 is 6.96. The van der Waals surface area contributed by atoms with E-state index in [1.54, 1.807) is 4.57 Å². The molecule has 0 bridgehead atoms. The summed E-state index contributed by atoms with van der Waals surface area (Å²) >= 11 is 0. The number of nitrogens with zero attached hydrogens (tertiary/aromatic N) is 3. The van der Waals surface area contributed by atoms with Crippen LogP contribution in [-0.4, -0.2) is 53.3 Å². The Bertz CT molecular complexity index is 697. The second-order valence-corrected chi connectivity index (χ2v) is 4.94. The topological polar surface area (TPSA) is 88.6 Å². The number of ether oxygens (including phenoxy) is 1. The summed E-state index contributed by atoms with van der Waals surface area (Å²) in [4.78, 5) is 21.1. The van der Waals surface area contributed by atoms with E-state index in [4.69, 9.17) is 10.5 Å². The Hall–Kier alpha value is -2.28. The molecule has 2 aromatic rings. The van der Waals surface area contributed by atoms with Crippen LogP contribution in [-0.2, 0) is 11.3 Å². The molecule has 3 N–H and O–H groups in total. The van der Waals surface area contributed by atoms with Crippen LogP contribution in [0.4, 0.5) is 0 Å². The molecule has 112 valence electrons. The Balaban J connectivity index is 1.69. The van der Waals surface area contributed by atoms with Crippen molar-refractivity contribution in [3.63, 3.8) is 0 Å². The number of aliphatic imine (C=N–C) groups is 1. The van der Waals surface area contributed by atoms with Gasteiger partial charge in [-0.3, -0.25) is 9.56 Å². The standard InChI is InChI=1S/C14H19N5O2/c15-13(18-7-9-21-10-8-18)16-5-6-19-12-4-2-1-3-11(12)17-14(19)20/h1-4H,5-10H2,(H2,15,16)(H,17,20). The number of imidazole rings is 1. The maximum Gasteiger partial charge on any atom is 0.326 e. The van der Waals surface area contributed by atoms with E-state index in [9.17, 15) is 4.79 Å². The number of morpholine rings is 1. The number of fused-ring (bicyclic) bond motifs is 1. The maximum atomic E-state index is 11.9. The van der Waals surface area contributed by atoms with Crippen LogP contribution in [0.5, 0.6) is 0 Å². The van der Waals surface area contributed by atoms with Gasteiger partial charge in [0.25, 0.3) is 0 Å². The molecule has 1 aliphatic heterocycles. The van der Waals surface area contributed by atoms with Gasteiger partial charge in [0.1, 0.15) is 0 Å². The molecule has 0 saturated carbocycles. The Kier molecular flexibility index (Phi) is 3.92. The van der Waals surface area contributed by atoms with Crippen molar-refractivity contribution in [3.8, 4) is 0 Å².